The average molecular weight is 481 g/mol. The van der Waals surface area contributed by atoms with Gasteiger partial charge >= 0.3 is 6.09 Å². The van der Waals surface area contributed by atoms with E-state index in [2.05, 4.69) is 15.5 Å². The molecule has 2 aromatic heterocycles. The van der Waals surface area contributed by atoms with E-state index in [-0.39, 0.29) is 12.4 Å². The first-order valence-electron chi connectivity index (χ1n) is 10.3. The second kappa shape index (κ2) is 9.97. The fraction of sp³-hybridized carbons (Fsp3) is 0.167. The van der Waals surface area contributed by atoms with Crippen molar-refractivity contribution in [1.82, 2.24) is 14.8 Å². The summed E-state index contributed by atoms with van der Waals surface area (Å²) < 4.78 is 7.12. The molecule has 168 valence electrons. The number of hydrogen-bond acceptors (Lipinski definition) is 6. The van der Waals surface area contributed by atoms with Crippen molar-refractivity contribution in [3.05, 3.63) is 93.3 Å². The Hall–Kier alpha value is -3.49. The highest BCUT2D eigenvalue weighted by Crippen LogP contribution is 2.32. The number of aryl methyl sites for hydroxylation is 2. The fourth-order valence-corrected chi connectivity index (χ4v) is 4.68. The summed E-state index contributed by atoms with van der Waals surface area (Å²) in [6, 6.07) is 17.8. The molecule has 1 N–H and O–H groups in total. The minimum atomic E-state index is -0.610. The Labute approximate surface area is 200 Å². The van der Waals surface area contributed by atoms with Gasteiger partial charge in [0.25, 0.3) is 0 Å². The van der Waals surface area contributed by atoms with Gasteiger partial charge in [0.2, 0.25) is 0 Å². The third-order valence-corrected chi connectivity index (χ3v) is 6.52. The van der Waals surface area contributed by atoms with E-state index in [1.807, 2.05) is 31.2 Å². The first-order valence-corrected chi connectivity index (χ1v) is 11.5. The summed E-state index contributed by atoms with van der Waals surface area (Å²) in [5, 5.41) is 12.0. The topological polar surface area (TPSA) is 86.1 Å². The van der Waals surface area contributed by atoms with Gasteiger partial charge in [0.05, 0.1) is 10.6 Å². The number of hydrogen-bond donors (Lipinski definition) is 1. The minimum Gasteiger partial charge on any atom is -0.441 e. The van der Waals surface area contributed by atoms with Crippen LogP contribution in [0.1, 0.15) is 39.4 Å². The van der Waals surface area contributed by atoms with Crippen LogP contribution in [0, 0.1) is 6.92 Å². The second-order valence-electron chi connectivity index (χ2n) is 7.16. The molecule has 4 aromatic rings. The van der Waals surface area contributed by atoms with Gasteiger partial charge in [-0.25, -0.2) is 4.79 Å². The largest absolute Gasteiger partial charge is 0.441 e. The van der Waals surface area contributed by atoms with Crippen molar-refractivity contribution in [2.45, 2.75) is 26.9 Å². The molecule has 0 aliphatic rings. The number of para-hydroxylation sites is 1. The van der Waals surface area contributed by atoms with Crippen LogP contribution in [0.4, 0.5) is 10.5 Å². The third-order valence-electron chi connectivity index (χ3n) is 4.92. The number of ketones is 1. The molecule has 0 unspecified atom stereocenters. The van der Waals surface area contributed by atoms with Gasteiger partial charge in [-0.3, -0.25) is 14.7 Å². The molecule has 4 rings (SSSR count). The van der Waals surface area contributed by atoms with Gasteiger partial charge in [-0.15, -0.1) is 21.5 Å². The van der Waals surface area contributed by atoms with Crippen LogP contribution in [0.15, 0.2) is 60.7 Å². The first-order chi connectivity index (χ1) is 16.0. The Kier molecular flexibility index (Phi) is 6.86. The molecule has 2 heterocycles. The Morgan fingerprint density at radius 1 is 1.06 bits per heavy atom. The van der Waals surface area contributed by atoms with Crippen molar-refractivity contribution in [3.63, 3.8) is 0 Å². The molecule has 0 saturated carbocycles. The second-order valence-corrected chi connectivity index (χ2v) is 8.68. The van der Waals surface area contributed by atoms with Crippen LogP contribution in [0.5, 0.6) is 0 Å². The Morgan fingerprint density at radius 3 is 2.52 bits per heavy atom. The lowest BCUT2D eigenvalue weighted by Crippen LogP contribution is -2.16. The number of amides is 1. The fourth-order valence-electron chi connectivity index (χ4n) is 3.29. The Morgan fingerprint density at radius 2 is 1.79 bits per heavy atom. The van der Waals surface area contributed by atoms with E-state index in [9.17, 15) is 9.59 Å². The lowest BCUT2D eigenvalue weighted by atomic mass is 10.0. The molecule has 0 radical (unpaired) electrons. The third kappa shape index (κ3) is 4.97. The van der Waals surface area contributed by atoms with Gasteiger partial charge in [-0.1, -0.05) is 48.9 Å². The molecule has 1 amide bonds. The predicted octanol–water partition coefficient (Wildman–Crippen LogP) is 5.83. The zero-order valence-electron chi connectivity index (χ0n) is 18.0. The van der Waals surface area contributed by atoms with Gasteiger partial charge in [-0.05, 0) is 43.7 Å². The zero-order chi connectivity index (χ0) is 23.4. The van der Waals surface area contributed by atoms with Crippen molar-refractivity contribution in [2.24, 2.45) is 0 Å². The summed E-state index contributed by atoms with van der Waals surface area (Å²) in [5.74, 6) is 0.802. The molecular weight excluding hydrogens is 460 g/mol. The molecule has 2 aromatic carbocycles. The Bertz CT molecular complexity index is 1300. The number of aromatic nitrogens is 3. The smallest absolute Gasteiger partial charge is 0.412 e. The van der Waals surface area contributed by atoms with Crippen molar-refractivity contribution < 1.29 is 14.3 Å². The first kappa shape index (κ1) is 22.7. The number of halogens is 1. The summed E-state index contributed by atoms with van der Waals surface area (Å²) in [6.45, 7) is 3.70. The molecule has 7 nitrogen and oxygen atoms in total. The number of rotatable bonds is 7. The van der Waals surface area contributed by atoms with Crippen LogP contribution in [0.25, 0.3) is 5.00 Å². The van der Waals surface area contributed by atoms with Crippen molar-refractivity contribution >= 4 is 40.5 Å². The lowest BCUT2D eigenvalue weighted by molar-refractivity contribution is 0.103. The summed E-state index contributed by atoms with van der Waals surface area (Å²) in [6.07, 6.45) is 0.154. The monoisotopic (exact) mass is 480 g/mol. The summed E-state index contributed by atoms with van der Waals surface area (Å²) in [4.78, 5) is 26.6. The van der Waals surface area contributed by atoms with E-state index >= 15 is 0 Å². The highest BCUT2D eigenvalue weighted by molar-refractivity contribution is 7.15. The molecule has 0 fully saturated rings. The van der Waals surface area contributed by atoms with Gasteiger partial charge in [0, 0.05) is 16.1 Å². The SMILES string of the molecule is CCc1cc(C(=O)c2ccccc2Cl)c(-n2c(C)nnc2COC(=O)Nc2ccccc2)s1. The molecule has 0 aliphatic heterocycles. The molecule has 0 aliphatic carbocycles. The molecule has 33 heavy (non-hydrogen) atoms. The van der Waals surface area contributed by atoms with Gasteiger partial charge in [0.15, 0.2) is 18.2 Å². The molecule has 9 heteroatoms. The van der Waals surface area contributed by atoms with Gasteiger partial charge in [0.1, 0.15) is 10.8 Å². The van der Waals surface area contributed by atoms with Crippen LogP contribution < -0.4 is 5.32 Å². The minimum absolute atomic E-state index is 0.113. The predicted molar refractivity (Wildman–Crippen MR) is 128 cm³/mol. The number of benzene rings is 2. The number of anilines is 1. The summed E-state index contributed by atoms with van der Waals surface area (Å²) in [7, 11) is 0. The average Bonchev–Trinajstić information content (AvgIpc) is 3.41. The van der Waals surface area contributed by atoms with Crippen molar-refractivity contribution in [1.29, 1.82) is 0 Å². The number of thiophene rings is 1. The van der Waals surface area contributed by atoms with Crippen LogP contribution >= 0.6 is 22.9 Å². The zero-order valence-corrected chi connectivity index (χ0v) is 19.6. The van der Waals surface area contributed by atoms with E-state index in [0.29, 0.717) is 38.5 Å². The van der Waals surface area contributed by atoms with E-state index in [1.165, 1.54) is 11.3 Å². The normalized spacial score (nSPS) is 10.8. The lowest BCUT2D eigenvalue weighted by Gasteiger charge is -2.11. The number of ether oxygens (including phenoxy) is 1. The van der Waals surface area contributed by atoms with E-state index in [0.717, 1.165) is 11.3 Å². The van der Waals surface area contributed by atoms with Crippen molar-refractivity contribution in [2.75, 3.05) is 5.32 Å². The number of nitrogens with zero attached hydrogens (tertiary/aromatic N) is 3. The molecule has 0 spiro atoms. The van der Waals surface area contributed by atoms with E-state index in [1.54, 1.807) is 47.9 Å². The maximum atomic E-state index is 13.4. The van der Waals surface area contributed by atoms with Crippen LogP contribution in [0.3, 0.4) is 0 Å². The summed E-state index contributed by atoms with van der Waals surface area (Å²) >= 11 is 7.76. The molecule has 0 saturated heterocycles. The van der Waals surface area contributed by atoms with Gasteiger partial charge in [-0.2, -0.15) is 0 Å². The van der Waals surface area contributed by atoms with E-state index in [4.69, 9.17) is 16.3 Å². The summed E-state index contributed by atoms with van der Waals surface area (Å²) in [5.41, 5.74) is 1.55. The van der Waals surface area contributed by atoms with E-state index < -0.39 is 6.09 Å². The highest BCUT2D eigenvalue weighted by atomic mass is 35.5. The Balaban J connectivity index is 1.63. The number of nitrogens with one attached hydrogen (secondary N) is 1. The maximum Gasteiger partial charge on any atom is 0.412 e. The maximum absolute atomic E-state index is 13.4. The number of carbonyl (C=O) groups is 2. The quantitative estimate of drug-likeness (QED) is 0.336. The van der Waals surface area contributed by atoms with Crippen LogP contribution in [-0.4, -0.2) is 26.6 Å². The number of carbonyl (C=O) groups excluding carboxylic acids is 2. The van der Waals surface area contributed by atoms with Crippen molar-refractivity contribution in [3.8, 4) is 5.00 Å². The highest BCUT2D eigenvalue weighted by Gasteiger charge is 2.24. The molecular formula is C24H21ClN4O3S. The molecule has 0 atom stereocenters. The van der Waals surface area contributed by atoms with Gasteiger partial charge < -0.3 is 4.74 Å². The standard InChI is InChI=1S/C24H21ClN4O3S/c1-3-17-13-19(22(30)18-11-7-8-12-20(18)25)23(33-17)29-15(2)27-28-21(29)14-32-24(31)26-16-9-5-4-6-10-16/h4-13H,3,14H2,1-2H3,(H,26,31). The molecule has 0 bridgehead atoms. The van der Waals surface area contributed by atoms with Crippen LogP contribution in [-0.2, 0) is 17.8 Å². The van der Waals surface area contributed by atoms with Crippen LogP contribution in [0.2, 0.25) is 5.02 Å².